The SMILES string of the molecule is C=C(P(O)O)P(O)O. The maximum Gasteiger partial charge on any atom is 0.204 e. The van der Waals surface area contributed by atoms with Crippen molar-refractivity contribution in [2.45, 2.75) is 0 Å². The van der Waals surface area contributed by atoms with Crippen LogP contribution in [0.3, 0.4) is 0 Å². The molecule has 0 unspecified atom stereocenters. The van der Waals surface area contributed by atoms with Crippen LogP contribution < -0.4 is 0 Å². The second kappa shape index (κ2) is 3.46. The molecule has 0 rings (SSSR count). The predicted octanol–water partition coefficient (Wildman–Crippen LogP) is 0.0506. The maximum absolute atomic E-state index is 8.21. The summed E-state index contributed by atoms with van der Waals surface area (Å²) in [5.41, 5.74) is 0. The molecule has 0 fully saturated rings. The van der Waals surface area contributed by atoms with Gasteiger partial charge < -0.3 is 19.6 Å². The van der Waals surface area contributed by atoms with Crippen LogP contribution in [0.5, 0.6) is 0 Å². The van der Waals surface area contributed by atoms with Gasteiger partial charge in [-0.3, -0.25) is 0 Å². The highest BCUT2D eigenvalue weighted by molar-refractivity contribution is 7.70. The van der Waals surface area contributed by atoms with Crippen LogP contribution >= 0.6 is 16.8 Å². The zero-order valence-corrected chi connectivity index (χ0v) is 5.68. The lowest BCUT2D eigenvalue weighted by atomic mass is 11.3. The molecule has 0 atom stereocenters. The normalized spacial score (nSPS) is 10.8. The van der Waals surface area contributed by atoms with Crippen LogP contribution in [0.4, 0.5) is 0 Å². The third-order valence-electron chi connectivity index (χ3n) is 0.462. The molecular formula is C2H6O4P2. The molecule has 0 spiro atoms. The van der Waals surface area contributed by atoms with Gasteiger partial charge in [0.15, 0.2) is 0 Å². The highest BCUT2D eigenvalue weighted by atomic mass is 31.2. The van der Waals surface area contributed by atoms with Gasteiger partial charge in [0.25, 0.3) is 0 Å². The summed E-state index contributed by atoms with van der Waals surface area (Å²) in [6, 6.07) is 0. The van der Waals surface area contributed by atoms with Gasteiger partial charge in [-0.15, -0.1) is 0 Å². The third-order valence-corrected chi connectivity index (χ3v) is 2.46. The summed E-state index contributed by atoms with van der Waals surface area (Å²) in [5, 5.41) is -0.296. The van der Waals surface area contributed by atoms with Gasteiger partial charge in [0, 0.05) is 0 Å². The van der Waals surface area contributed by atoms with E-state index in [1.54, 1.807) is 0 Å². The van der Waals surface area contributed by atoms with Gasteiger partial charge in [-0.05, 0) is 0 Å². The monoisotopic (exact) mass is 156 g/mol. The van der Waals surface area contributed by atoms with Crippen molar-refractivity contribution in [3.63, 3.8) is 0 Å². The fourth-order valence-electron chi connectivity index (χ4n) is 0.0800. The molecule has 0 aromatic heterocycles. The summed E-state index contributed by atoms with van der Waals surface area (Å²) in [6.45, 7) is 3.01. The van der Waals surface area contributed by atoms with Crippen molar-refractivity contribution in [3.8, 4) is 0 Å². The van der Waals surface area contributed by atoms with Gasteiger partial charge >= 0.3 is 0 Å². The zero-order chi connectivity index (χ0) is 6.73. The number of rotatable bonds is 2. The van der Waals surface area contributed by atoms with Crippen LogP contribution in [-0.4, -0.2) is 19.6 Å². The Hall–Kier alpha value is 0.440. The Bertz CT molecular complexity index is 80.0. The summed E-state index contributed by atoms with van der Waals surface area (Å²) >= 11 is 0. The molecule has 0 amide bonds. The molecule has 0 heterocycles. The van der Waals surface area contributed by atoms with Crippen molar-refractivity contribution in [2.24, 2.45) is 0 Å². The maximum atomic E-state index is 8.21. The topological polar surface area (TPSA) is 80.9 Å². The minimum absolute atomic E-state index is 0.296. The standard InChI is InChI=1S/C2H6O4P2/c1-2(7(3)4)8(5)6/h3-6H,1H2. The minimum atomic E-state index is -2.37. The van der Waals surface area contributed by atoms with E-state index in [0.29, 0.717) is 0 Å². The summed E-state index contributed by atoms with van der Waals surface area (Å²) in [5.74, 6) is 0. The van der Waals surface area contributed by atoms with Gasteiger partial charge in [-0.1, -0.05) is 6.58 Å². The molecule has 0 saturated carbocycles. The molecule has 0 aromatic rings. The molecule has 4 N–H and O–H groups in total. The van der Waals surface area contributed by atoms with Crippen molar-refractivity contribution in [3.05, 3.63) is 11.6 Å². The second-order valence-corrected chi connectivity index (χ2v) is 3.59. The molecule has 0 saturated heterocycles. The van der Waals surface area contributed by atoms with E-state index in [9.17, 15) is 0 Å². The van der Waals surface area contributed by atoms with Gasteiger partial charge in [0.2, 0.25) is 16.8 Å². The van der Waals surface area contributed by atoms with E-state index >= 15 is 0 Å². The lowest BCUT2D eigenvalue weighted by Gasteiger charge is -2.04. The number of hydrogen-bond donors (Lipinski definition) is 4. The first kappa shape index (κ1) is 8.44. The van der Waals surface area contributed by atoms with Crippen LogP contribution in [0.25, 0.3) is 0 Å². The van der Waals surface area contributed by atoms with E-state index in [4.69, 9.17) is 19.6 Å². The van der Waals surface area contributed by atoms with Gasteiger partial charge in [-0.25, -0.2) is 0 Å². The van der Waals surface area contributed by atoms with Crippen molar-refractivity contribution >= 4 is 16.8 Å². The number of hydrogen-bond acceptors (Lipinski definition) is 4. The van der Waals surface area contributed by atoms with Crippen molar-refractivity contribution < 1.29 is 19.6 Å². The van der Waals surface area contributed by atoms with E-state index < -0.39 is 16.8 Å². The predicted molar refractivity (Wildman–Crippen MR) is 31.9 cm³/mol. The molecule has 6 heteroatoms. The Morgan fingerprint density at radius 2 is 1.25 bits per heavy atom. The minimum Gasteiger partial charge on any atom is -0.346 e. The third kappa shape index (κ3) is 2.68. The van der Waals surface area contributed by atoms with Crippen LogP contribution in [0.2, 0.25) is 0 Å². The zero-order valence-electron chi connectivity index (χ0n) is 3.89. The average Bonchev–Trinajstić information content (AvgIpc) is 1.64. The Morgan fingerprint density at radius 3 is 1.25 bits per heavy atom. The quantitative estimate of drug-likeness (QED) is 0.426. The first-order chi connectivity index (χ1) is 3.55. The molecule has 48 valence electrons. The Morgan fingerprint density at radius 1 is 1.00 bits per heavy atom. The Kier molecular flexibility index (Phi) is 3.65. The molecular weight excluding hydrogens is 150 g/mol. The molecule has 0 bridgehead atoms. The van der Waals surface area contributed by atoms with Crippen LogP contribution in [0, 0.1) is 0 Å². The van der Waals surface area contributed by atoms with E-state index in [2.05, 4.69) is 6.58 Å². The molecule has 0 aromatic carbocycles. The molecule has 8 heavy (non-hydrogen) atoms. The smallest absolute Gasteiger partial charge is 0.204 e. The van der Waals surface area contributed by atoms with Crippen molar-refractivity contribution in [1.82, 2.24) is 0 Å². The summed E-state index contributed by atoms with van der Waals surface area (Å²) in [7, 11) is -4.73. The summed E-state index contributed by atoms with van der Waals surface area (Å²) in [6.07, 6.45) is 0. The van der Waals surface area contributed by atoms with Crippen LogP contribution in [0.1, 0.15) is 0 Å². The van der Waals surface area contributed by atoms with Gasteiger partial charge in [0.1, 0.15) is 0 Å². The molecule has 0 radical (unpaired) electrons. The first-order valence-electron chi connectivity index (χ1n) is 1.60. The fourth-order valence-corrected chi connectivity index (χ4v) is 0.720. The average molecular weight is 156 g/mol. The first-order valence-corrected chi connectivity index (χ1v) is 4.10. The molecule has 0 aliphatic carbocycles. The molecule has 0 aliphatic heterocycles. The van der Waals surface area contributed by atoms with Crippen LogP contribution in [-0.2, 0) is 0 Å². The van der Waals surface area contributed by atoms with E-state index in [1.165, 1.54) is 0 Å². The van der Waals surface area contributed by atoms with E-state index in [1.807, 2.05) is 0 Å². The largest absolute Gasteiger partial charge is 0.346 e. The molecule has 4 nitrogen and oxygen atoms in total. The Labute approximate surface area is 48.9 Å². The summed E-state index contributed by atoms with van der Waals surface area (Å²) in [4.78, 5) is 32.8. The summed E-state index contributed by atoms with van der Waals surface area (Å²) < 4.78 is 0. The fraction of sp³-hybridized carbons (Fsp3) is 0. The lowest BCUT2D eigenvalue weighted by molar-refractivity contribution is 0.478. The second-order valence-electron chi connectivity index (χ2n) is 0.995. The highest BCUT2D eigenvalue weighted by Crippen LogP contribution is 2.51. The van der Waals surface area contributed by atoms with Gasteiger partial charge in [0.05, 0.1) is 5.06 Å². The molecule has 0 aliphatic rings. The van der Waals surface area contributed by atoms with Crippen molar-refractivity contribution in [1.29, 1.82) is 0 Å². The lowest BCUT2D eigenvalue weighted by Crippen LogP contribution is -1.74. The van der Waals surface area contributed by atoms with E-state index in [0.717, 1.165) is 0 Å². The van der Waals surface area contributed by atoms with Crippen LogP contribution in [0.15, 0.2) is 11.6 Å². The van der Waals surface area contributed by atoms with E-state index in [-0.39, 0.29) is 5.06 Å². The highest BCUT2D eigenvalue weighted by Gasteiger charge is 2.12. The Balaban J connectivity index is 3.65. The van der Waals surface area contributed by atoms with Gasteiger partial charge in [-0.2, -0.15) is 0 Å². The van der Waals surface area contributed by atoms with Crippen molar-refractivity contribution in [2.75, 3.05) is 0 Å².